The maximum Gasteiger partial charge on any atom is 0.324 e. The van der Waals surface area contributed by atoms with Gasteiger partial charge >= 0.3 is 6.03 Å². The SMILES string of the molecule is CC(C)Cn1cc(C(=O)Nc2ccc(NC(=O)CCN3C(=O)CNC3=O)cc2)c2ccccc21. The predicted octanol–water partition coefficient (Wildman–Crippen LogP) is 3.43. The number of carbonyl (C=O) groups is 4. The molecule has 1 aliphatic heterocycles. The number of fused-ring (bicyclic) bond motifs is 1. The fourth-order valence-electron chi connectivity index (χ4n) is 3.93. The highest BCUT2D eigenvalue weighted by Crippen LogP contribution is 2.24. The molecule has 3 N–H and O–H groups in total. The second-order valence-electron chi connectivity index (χ2n) is 8.64. The van der Waals surface area contributed by atoms with Crippen LogP contribution in [0.4, 0.5) is 16.2 Å². The molecule has 0 radical (unpaired) electrons. The Labute approximate surface area is 197 Å². The van der Waals surface area contributed by atoms with Crippen LogP contribution in [0, 0.1) is 5.92 Å². The molecule has 2 aromatic carbocycles. The molecule has 1 aliphatic rings. The Bertz CT molecular complexity index is 1230. The van der Waals surface area contributed by atoms with Crippen molar-refractivity contribution in [1.82, 2.24) is 14.8 Å². The van der Waals surface area contributed by atoms with Crippen molar-refractivity contribution in [2.75, 3.05) is 23.7 Å². The molecule has 3 aromatic rings. The zero-order chi connectivity index (χ0) is 24.2. The molecule has 0 spiro atoms. The number of hydrogen-bond donors (Lipinski definition) is 3. The molecule has 34 heavy (non-hydrogen) atoms. The van der Waals surface area contributed by atoms with Gasteiger partial charge in [0, 0.05) is 48.0 Å². The molecular formula is C25H27N5O4. The lowest BCUT2D eigenvalue weighted by atomic mass is 10.1. The molecule has 1 aromatic heterocycles. The van der Waals surface area contributed by atoms with E-state index in [0.29, 0.717) is 22.9 Å². The Balaban J connectivity index is 1.37. The molecular weight excluding hydrogens is 434 g/mol. The van der Waals surface area contributed by atoms with E-state index < -0.39 is 6.03 Å². The molecule has 9 heteroatoms. The summed E-state index contributed by atoms with van der Waals surface area (Å²) in [7, 11) is 0. The van der Waals surface area contributed by atoms with Gasteiger partial charge in [-0.1, -0.05) is 32.0 Å². The molecule has 2 heterocycles. The monoisotopic (exact) mass is 461 g/mol. The van der Waals surface area contributed by atoms with Crippen molar-refractivity contribution in [2.24, 2.45) is 5.92 Å². The van der Waals surface area contributed by atoms with E-state index in [1.807, 2.05) is 30.5 Å². The minimum Gasteiger partial charge on any atom is -0.346 e. The summed E-state index contributed by atoms with van der Waals surface area (Å²) in [6, 6.07) is 14.1. The molecule has 0 saturated carbocycles. The number of imide groups is 1. The summed E-state index contributed by atoms with van der Waals surface area (Å²) < 4.78 is 2.10. The van der Waals surface area contributed by atoms with Gasteiger partial charge in [0.1, 0.15) is 0 Å². The Hall–Kier alpha value is -4.14. The Morgan fingerprint density at radius 2 is 1.68 bits per heavy atom. The van der Waals surface area contributed by atoms with Crippen LogP contribution in [-0.2, 0) is 16.1 Å². The van der Waals surface area contributed by atoms with Crippen LogP contribution in [0.15, 0.2) is 54.7 Å². The average Bonchev–Trinajstić information content (AvgIpc) is 3.33. The molecule has 4 rings (SSSR count). The molecule has 0 bridgehead atoms. The second-order valence-corrected chi connectivity index (χ2v) is 8.64. The number of benzene rings is 2. The van der Waals surface area contributed by atoms with Crippen molar-refractivity contribution < 1.29 is 19.2 Å². The fraction of sp³-hybridized carbons (Fsp3) is 0.280. The third kappa shape index (κ3) is 5.09. The van der Waals surface area contributed by atoms with Crippen molar-refractivity contribution in [3.63, 3.8) is 0 Å². The summed E-state index contributed by atoms with van der Waals surface area (Å²) in [6.07, 6.45) is 1.89. The molecule has 0 unspecified atom stereocenters. The van der Waals surface area contributed by atoms with E-state index in [9.17, 15) is 19.2 Å². The topological polar surface area (TPSA) is 113 Å². The van der Waals surface area contributed by atoms with Crippen molar-refractivity contribution in [3.8, 4) is 0 Å². The largest absolute Gasteiger partial charge is 0.346 e. The minimum absolute atomic E-state index is 0.00190. The fourth-order valence-corrected chi connectivity index (χ4v) is 3.93. The van der Waals surface area contributed by atoms with Crippen LogP contribution in [0.1, 0.15) is 30.6 Å². The highest BCUT2D eigenvalue weighted by Gasteiger charge is 2.28. The summed E-state index contributed by atoms with van der Waals surface area (Å²) in [5.74, 6) is -0.418. The number of urea groups is 1. The van der Waals surface area contributed by atoms with Crippen LogP contribution < -0.4 is 16.0 Å². The molecule has 1 saturated heterocycles. The Kier molecular flexibility index (Phi) is 6.62. The first kappa shape index (κ1) is 23.0. The van der Waals surface area contributed by atoms with E-state index in [-0.39, 0.29) is 37.2 Å². The zero-order valence-electron chi connectivity index (χ0n) is 19.1. The zero-order valence-corrected chi connectivity index (χ0v) is 19.1. The molecule has 0 atom stereocenters. The number of para-hydroxylation sites is 1. The summed E-state index contributed by atoms with van der Waals surface area (Å²) in [5, 5.41) is 8.96. The molecule has 176 valence electrons. The standard InChI is InChI=1S/C25H27N5O4/c1-16(2)14-29-15-20(19-5-3-4-6-21(19)29)24(33)28-18-9-7-17(8-10-18)27-22(31)11-12-30-23(32)13-26-25(30)34/h3-10,15-16H,11-14H2,1-2H3,(H,26,34)(H,27,31)(H,28,33). The van der Waals surface area contributed by atoms with Crippen molar-refractivity contribution in [1.29, 1.82) is 0 Å². The first-order chi connectivity index (χ1) is 16.3. The number of carbonyl (C=O) groups excluding carboxylic acids is 4. The van der Waals surface area contributed by atoms with E-state index in [2.05, 4.69) is 34.4 Å². The van der Waals surface area contributed by atoms with Crippen molar-refractivity contribution >= 4 is 46.0 Å². The van der Waals surface area contributed by atoms with Gasteiger partial charge in [0.25, 0.3) is 5.91 Å². The third-order valence-electron chi connectivity index (χ3n) is 5.52. The van der Waals surface area contributed by atoms with Crippen LogP contribution in [0.25, 0.3) is 10.9 Å². The number of aromatic nitrogens is 1. The summed E-state index contributed by atoms with van der Waals surface area (Å²) in [5.41, 5.74) is 2.78. The van der Waals surface area contributed by atoms with E-state index in [4.69, 9.17) is 0 Å². The van der Waals surface area contributed by atoms with Gasteiger partial charge in [0.2, 0.25) is 11.8 Å². The first-order valence-corrected chi connectivity index (χ1v) is 11.2. The first-order valence-electron chi connectivity index (χ1n) is 11.2. The van der Waals surface area contributed by atoms with Gasteiger partial charge in [0.15, 0.2) is 0 Å². The van der Waals surface area contributed by atoms with Gasteiger partial charge in [-0.3, -0.25) is 19.3 Å². The van der Waals surface area contributed by atoms with Gasteiger partial charge in [-0.2, -0.15) is 0 Å². The van der Waals surface area contributed by atoms with E-state index in [0.717, 1.165) is 22.3 Å². The van der Waals surface area contributed by atoms with Crippen LogP contribution in [0.2, 0.25) is 0 Å². The summed E-state index contributed by atoms with van der Waals surface area (Å²) >= 11 is 0. The highest BCUT2D eigenvalue weighted by molar-refractivity contribution is 6.13. The number of hydrogen-bond acceptors (Lipinski definition) is 4. The molecule has 0 aliphatic carbocycles. The summed E-state index contributed by atoms with van der Waals surface area (Å²) in [6.45, 7) is 5.08. The van der Waals surface area contributed by atoms with E-state index in [1.165, 1.54) is 0 Å². The number of rotatable bonds is 8. The van der Waals surface area contributed by atoms with Gasteiger partial charge < -0.3 is 20.5 Å². The molecule has 1 fully saturated rings. The van der Waals surface area contributed by atoms with Crippen molar-refractivity contribution in [3.05, 3.63) is 60.3 Å². The van der Waals surface area contributed by atoms with Gasteiger partial charge in [-0.15, -0.1) is 0 Å². The number of nitrogens with zero attached hydrogens (tertiary/aromatic N) is 2. The lowest BCUT2D eigenvalue weighted by molar-refractivity contribution is -0.125. The van der Waals surface area contributed by atoms with Crippen LogP contribution >= 0.6 is 0 Å². The lowest BCUT2D eigenvalue weighted by Gasteiger charge is -2.12. The van der Waals surface area contributed by atoms with Crippen LogP contribution in [-0.4, -0.2) is 46.3 Å². The van der Waals surface area contributed by atoms with Crippen LogP contribution in [0.5, 0.6) is 0 Å². The number of amides is 5. The predicted molar refractivity (Wildman–Crippen MR) is 130 cm³/mol. The van der Waals surface area contributed by atoms with Gasteiger partial charge in [0.05, 0.1) is 12.1 Å². The Morgan fingerprint density at radius 1 is 1.00 bits per heavy atom. The smallest absolute Gasteiger partial charge is 0.324 e. The molecule has 5 amide bonds. The maximum atomic E-state index is 13.0. The van der Waals surface area contributed by atoms with Crippen molar-refractivity contribution in [2.45, 2.75) is 26.8 Å². The second kappa shape index (κ2) is 9.78. The minimum atomic E-state index is -0.481. The summed E-state index contributed by atoms with van der Waals surface area (Å²) in [4.78, 5) is 49.3. The number of anilines is 2. The normalized spacial score (nSPS) is 13.4. The van der Waals surface area contributed by atoms with Gasteiger partial charge in [-0.05, 0) is 36.2 Å². The average molecular weight is 462 g/mol. The maximum absolute atomic E-state index is 13.0. The van der Waals surface area contributed by atoms with E-state index in [1.54, 1.807) is 24.3 Å². The third-order valence-corrected chi connectivity index (χ3v) is 5.52. The quantitative estimate of drug-likeness (QED) is 0.446. The van der Waals surface area contributed by atoms with Gasteiger partial charge in [-0.25, -0.2) is 4.79 Å². The lowest BCUT2D eigenvalue weighted by Crippen LogP contribution is -2.33. The van der Waals surface area contributed by atoms with Crippen LogP contribution in [0.3, 0.4) is 0 Å². The Morgan fingerprint density at radius 3 is 2.32 bits per heavy atom. The number of nitrogens with one attached hydrogen (secondary N) is 3. The van der Waals surface area contributed by atoms with E-state index >= 15 is 0 Å². The molecule has 9 nitrogen and oxygen atoms in total. The highest BCUT2D eigenvalue weighted by atomic mass is 16.2.